The topological polar surface area (TPSA) is 97.1 Å². The maximum atomic E-state index is 12.9. The first kappa shape index (κ1) is 19.9. The molecule has 0 spiro atoms. The summed E-state index contributed by atoms with van der Waals surface area (Å²) in [6.45, 7) is 14.8. The number of carboxylic acids is 1. The molecule has 2 heterocycles. The molecule has 0 aliphatic heterocycles. The minimum Gasteiger partial charge on any atom is -0.480 e. The molecule has 0 aromatic carbocycles. The van der Waals surface area contributed by atoms with E-state index in [1.54, 1.807) is 6.07 Å². The van der Waals surface area contributed by atoms with E-state index in [0.717, 1.165) is 5.69 Å². The normalized spacial score (nSPS) is 12.7. The van der Waals surface area contributed by atoms with Crippen LogP contribution in [0.5, 0.6) is 0 Å². The maximum absolute atomic E-state index is 12.9. The molecule has 0 radical (unpaired) electrons. The number of fused-ring (bicyclic) bond motifs is 1. The highest BCUT2D eigenvalue weighted by atomic mass is 16.4. The summed E-state index contributed by atoms with van der Waals surface area (Å²) in [5, 5.41) is 17.2. The first-order valence-corrected chi connectivity index (χ1v) is 8.72. The molecule has 26 heavy (non-hydrogen) atoms. The van der Waals surface area contributed by atoms with Crippen molar-refractivity contribution in [1.29, 1.82) is 0 Å². The van der Waals surface area contributed by atoms with Crippen LogP contribution in [0.1, 0.15) is 76.1 Å². The molecule has 142 valence electrons. The van der Waals surface area contributed by atoms with Crippen molar-refractivity contribution in [1.82, 2.24) is 20.1 Å². The highest BCUT2D eigenvalue weighted by Crippen LogP contribution is 2.29. The number of carbonyl (C=O) groups is 2. The summed E-state index contributed by atoms with van der Waals surface area (Å²) in [7, 11) is 0. The first-order valence-electron chi connectivity index (χ1n) is 8.72. The third kappa shape index (κ3) is 3.57. The number of aliphatic carboxylic acids is 1. The van der Waals surface area contributed by atoms with Gasteiger partial charge in [0.25, 0.3) is 5.91 Å². The predicted molar refractivity (Wildman–Crippen MR) is 101 cm³/mol. The predicted octanol–water partition coefficient (Wildman–Crippen LogP) is 3.21. The van der Waals surface area contributed by atoms with E-state index in [2.05, 4.69) is 10.4 Å². The Morgan fingerprint density at radius 1 is 1.19 bits per heavy atom. The molecular formula is C19H28N4O3. The fraction of sp³-hybridized carbons (Fsp3) is 0.579. The van der Waals surface area contributed by atoms with Crippen LogP contribution in [-0.4, -0.2) is 37.3 Å². The number of aryl methyl sites for hydroxylation is 1. The van der Waals surface area contributed by atoms with E-state index in [-0.39, 0.29) is 11.5 Å². The molecule has 0 unspecified atom stereocenters. The molecule has 7 nitrogen and oxygen atoms in total. The average Bonchev–Trinajstić information content (AvgIpc) is 2.83. The summed E-state index contributed by atoms with van der Waals surface area (Å²) < 4.78 is 1.82. The minimum absolute atomic E-state index is 0.113. The molecule has 0 fully saturated rings. The number of hydrogen-bond acceptors (Lipinski definition) is 4. The van der Waals surface area contributed by atoms with E-state index in [0.29, 0.717) is 22.3 Å². The van der Waals surface area contributed by atoms with E-state index < -0.39 is 17.4 Å². The lowest BCUT2D eigenvalue weighted by Crippen LogP contribution is -2.49. The standard InChI is InChI=1S/C19H28N4O3/c1-10(2)13-9-12(16(24)21-19(7,8)17(25)26)14-11(3)22-23(15(14)20-13)18(4,5)6/h9-10H,1-8H3,(H,21,24)(H,25,26). The maximum Gasteiger partial charge on any atom is 0.328 e. The van der Waals surface area contributed by atoms with Crippen LogP contribution in [0, 0.1) is 6.92 Å². The van der Waals surface area contributed by atoms with Crippen LogP contribution < -0.4 is 5.32 Å². The van der Waals surface area contributed by atoms with E-state index in [9.17, 15) is 14.7 Å². The molecule has 2 aromatic heterocycles. The van der Waals surface area contributed by atoms with Crippen LogP contribution in [-0.2, 0) is 10.3 Å². The lowest BCUT2D eigenvalue weighted by atomic mass is 10.0. The van der Waals surface area contributed by atoms with Gasteiger partial charge in [0.1, 0.15) is 5.54 Å². The SMILES string of the molecule is Cc1nn(C(C)(C)C)c2nc(C(C)C)cc(C(=O)NC(C)(C)C(=O)O)c12. The lowest BCUT2D eigenvalue weighted by molar-refractivity contribution is -0.143. The second-order valence-corrected chi connectivity index (χ2v) is 8.50. The molecule has 2 N–H and O–H groups in total. The van der Waals surface area contributed by atoms with Crippen LogP contribution in [0.25, 0.3) is 11.0 Å². The van der Waals surface area contributed by atoms with Crippen molar-refractivity contribution in [3.8, 4) is 0 Å². The van der Waals surface area contributed by atoms with Crippen molar-refractivity contribution in [3.63, 3.8) is 0 Å². The van der Waals surface area contributed by atoms with Crippen molar-refractivity contribution in [2.45, 2.75) is 72.4 Å². The number of carbonyl (C=O) groups excluding carboxylic acids is 1. The van der Waals surface area contributed by atoms with Crippen molar-refractivity contribution in [2.24, 2.45) is 0 Å². The number of nitrogens with zero attached hydrogens (tertiary/aromatic N) is 3. The van der Waals surface area contributed by atoms with Crippen molar-refractivity contribution in [3.05, 3.63) is 23.0 Å². The van der Waals surface area contributed by atoms with Crippen molar-refractivity contribution >= 4 is 22.9 Å². The summed E-state index contributed by atoms with van der Waals surface area (Å²) in [6.07, 6.45) is 0. The monoisotopic (exact) mass is 360 g/mol. The summed E-state index contributed by atoms with van der Waals surface area (Å²) in [6, 6.07) is 1.74. The number of carboxylic acid groups (broad SMARTS) is 1. The van der Waals surface area contributed by atoms with Gasteiger partial charge in [-0.2, -0.15) is 5.10 Å². The number of amides is 1. The number of hydrogen-bond donors (Lipinski definition) is 2. The Kier molecular flexibility index (Phi) is 4.87. The molecule has 7 heteroatoms. The number of nitrogens with one attached hydrogen (secondary N) is 1. The van der Waals surface area contributed by atoms with Crippen molar-refractivity contribution < 1.29 is 14.7 Å². The second-order valence-electron chi connectivity index (χ2n) is 8.50. The molecule has 0 saturated heterocycles. The average molecular weight is 360 g/mol. The Balaban J connectivity index is 2.74. The zero-order valence-corrected chi connectivity index (χ0v) is 16.8. The van der Waals surface area contributed by atoms with Gasteiger partial charge in [-0.05, 0) is 53.5 Å². The van der Waals surface area contributed by atoms with Gasteiger partial charge in [0.2, 0.25) is 0 Å². The number of aromatic nitrogens is 3. The van der Waals surface area contributed by atoms with Gasteiger partial charge in [0.15, 0.2) is 5.65 Å². The van der Waals surface area contributed by atoms with Crippen molar-refractivity contribution in [2.75, 3.05) is 0 Å². The Labute approximate surface area is 153 Å². The summed E-state index contributed by atoms with van der Waals surface area (Å²) in [5.74, 6) is -1.42. The molecule has 0 bridgehead atoms. The zero-order chi connectivity index (χ0) is 20.0. The lowest BCUT2D eigenvalue weighted by Gasteiger charge is -2.22. The van der Waals surface area contributed by atoms with E-state index in [4.69, 9.17) is 4.98 Å². The summed E-state index contributed by atoms with van der Waals surface area (Å²) in [5.41, 5.74) is 0.819. The molecule has 0 aliphatic carbocycles. The molecule has 0 atom stereocenters. The Morgan fingerprint density at radius 2 is 1.77 bits per heavy atom. The molecule has 2 aromatic rings. The Hall–Kier alpha value is -2.44. The van der Waals surface area contributed by atoms with Crippen LogP contribution in [0.3, 0.4) is 0 Å². The fourth-order valence-electron chi connectivity index (χ4n) is 2.66. The highest BCUT2D eigenvalue weighted by Gasteiger charge is 2.31. The minimum atomic E-state index is -1.38. The smallest absolute Gasteiger partial charge is 0.328 e. The highest BCUT2D eigenvalue weighted by molar-refractivity contribution is 6.08. The summed E-state index contributed by atoms with van der Waals surface area (Å²) >= 11 is 0. The van der Waals surface area contributed by atoms with Gasteiger partial charge in [-0.15, -0.1) is 0 Å². The van der Waals surface area contributed by atoms with Gasteiger partial charge in [-0.3, -0.25) is 4.79 Å². The van der Waals surface area contributed by atoms with Gasteiger partial charge >= 0.3 is 5.97 Å². The largest absolute Gasteiger partial charge is 0.480 e. The molecular weight excluding hydrogens is 332 g/mol. The Bertz CT molecular complexity index is 873. The third-order valence-electron chi connectivity index (χ3n) is 4.26. The van der Waals surface area contributed by atoms with Gasteiger partial charge < -0.3 is 10.4 Å². The van der Waals surface area contributed by atoms with E-state index in [1.165, 1.54) is 13.8 Å². The van der Waals surface area contributed by atoms with Gasteiger partial charge in [-0.1, -0.05) is 13.8 Å². The second kappa shape index (κ2) is 6.37. The van der Waals surface area contributed by atoms with Crippen LogP contribution in [0.4, 0.5) is 0 Å². The summed E-state index contributed by atoms with van der Waals surface area (Å²) in [4.78, 5) is 29.1. The molecule has 0 saturated carbocycles. The number of pyridine rings is 1. The third-order valence-corrected chi connectivity index (χ3v) is 4.26. The van der Waals surface area contributed by atoms with Crippen LogP contribution in [0.15, 0.2) is 6.07 Å². The molecule has 1 amide bonds. The van der Waals surface area contributed by atoms with Crippen LogP contribution in [0.2, 0.25) is 0 Å². The van der Waals surface area contributed by atoms with Crippen LogP contribution >= 0.6 is 0 Å². The first-order chi connectivity index (χ1) is 11.8. The van der Waals surface area contributed by atoms with E-state index in [1.807, 2.05) is 46.2 Å². The molecule has 0 aliphatic rings. The van der Waals surface area contributed by atoms with Gasteiger partial charge in [-0.25, -0.2) is 14.5 Å². The quantitative estimate of drug-likeness (QED) is 0.872. The number of rotatable bonds is 4. The zero-order valence-electron chi connectivity index (χ0n) is 16.8. The van der Waals surface area contributed by atoms with Gasteiger partial charge in [0.05, 0.1) is 22.2 Å². The fourth-order valence-corrected chi connectivity index (χ4v) is 2.66. The van der Waals surface area contributed by atoms with E-state index >= 15 is 0 Å². The molecule has 2 rings (SSSR count). The van der Waals surface area contributed by atoms with Gasteiger partial charge in [0, 0.05) is 5.69 Å². The Morgan fingerprint density at radius 3 is 2.23 bits per heavy atom.